The van der Waals surface area contributed by atoms with E-state index in [0.717, 1.165) is 34.3 Å². The van der Waals surface area contributed by atoms with E-state index in [1.165, 1.54) is 12.8 Å². The summed E-state index contributed by atoms with van der Waals surface area (Å²) in [6.45, 7) is 3.37. The van der Waals surface area contributed by atoms with Crippen LogP contribution in [0.4, 0.5) is 0 Å². The number of aromatic nitrogens is 1. The number of methoxy groups -OCH3 is 1. The molecule has 112 valence electrons. The van der Waals surface area contributed by atoms with Crippen LogP contribution in [-0.2, 0) is 13.2 Å². The van der Waals surface area contributed by atoms with Gasteiger partial charge in [-0.3, -0.25) is 0 Å². The maximum Gasteiger partial charge on any atom is 0.161 e. The van der Waals surface area contributed by atoms with E-state index in [1.54, 1.807) is 18.4 Å². The topological polar surface area (TPSA) is 43.4 Å². The minimum atomic E-state index is 0.472. The Bertz CT molecular complexity index is 608. The number of nitrogens with zero attached hydrogens (tertiary/aromatic N) is 1. The molecule has 0 unspecified atom stereocenters. The molecule has 1 heterocycles. The molecule has 4 nitrogen and oxygen atoms in total. The fraction of sp³-hybridized carbons (Fsp3) is 0.438. The van der Waals surface area contributed by atoms with Gasteiger partial charge in [0.25, 0.3) is 0 Å². The third-order valence-corrected chi connectivity index (χ3v) is 4.31. The first-order valence-corrected chi connectivity index (χ1v) is 8.06. The molecule has 5 heteroatoms. The number of benzene rings is 1. The Labute approximate surface area is 129 Å². The van der Waals surface area contributed by atoms with Gasteiger partial charge in [-0.25, -0.2) is 4.98 Å². The highest BCUT2D eigenvalue weighted by molar-refractivity contribution is 7.09. The molecule has 1 fully saturated rings. The molecule has 1 aliphatic carbocycles. The van der Waals surface area contributed by atoms with Gasteiger partial charge in [-0.15, -0.1) is 11.3 Å². The Morgan fingerprint density at radius 3 is 2.95 bits per heavy atom. The van der Waals surface area contributed by atoms with Crippen molar-refractivity contribution in [1.29, 1.82) is 0 Å². The molecular formula is C16H20N2O2S. The van der Waals surface area contributed by atoms with Gasteiger partial charge in [0, 0.05) is 18.0 Å². The highest BCUT2D eigenvalue weighted by Gasteiger charge is 2.20. The minimum absolute atomic E-state index is 0.472. The fourth-order valence-electron chi connectivity index (χ4n) is 2.06. The van der Waals surface area contributed by atoms with E-state index < -0.39 is 0 Å². The van der Waals surface area contributed by atoms with E-state index in [0.29, 0.717) is 12.6 Å². The van der Waals surface area contributed by atoms with Gasteiger partial charge >= 0.3 is 0 Å². The van der Waals surface area contributed by atoms with Gasteiger partial charge in [-0.05, 0) is 37.5 Å². The Balaban J connectivity index is 1.56. The molecular weight excluding hydrogens is 284 g/mol. The maximum atomic E-state index is 5.82. The normalized spacial score (nSPS) is 14.2. The Hall–Kier alpha value is -1.59. The third-order valence-electron chi connectivity index (χ3n) is 3.41. The smallest absolute Gasteiger partial charge is 0.161 e. The Morgan fingerprint density at radius 1 is 1.33 bits per heavy atom. The summed E-state index contributed by atoms with van der Waals surface area (Å²) in [6, 6.07) is 6.65. The average Bonchev–Trinajstić information content (AvgIpc) is 3.22. The standard InChI is InChI=1S/C16H20N2O2S/c1-11-3-6-14(15(7-11)19-2)20-9-13-10-21-16(18-13)8-17-12-4-5-12/h3,6-7,10,12,17H,4-5,8-9H2,1-2H3. The largest absolute Gasteiger partial charge is 0.493 e. The van der Waals surface area contributed by atoms with E-state index in [2.05, 4.69) is 15.7 Å². The highest BCUT2D eigenvalue weighted by Crippen LogP contribution is 2.28. The van der Waals surface area contributed by atoms with E-state index in [1.807, 2.05) is 25.1 Å². The van der Waals surface area contributed by atoms with Gasteiger partial charge in [-0.1, -0.05) is 6.07 Å². The van der Waals surface area contributed by atoms with Crippen molar-refractivity contribution in [3.63, 3.8) is 0 Å². The lowest BCUT2D eigenvalue weighted by Crippen LogP contribution is -2.15. The Morgan fingerprint density at radius 2 is 2.19 bits per heavy atom. The molecule has 1 aromatic carbocycles. The molecule has 21 heavy (non-hydrogen) atoms. The molecule has 3 rings (SSSR count). The quantitative estimate of drug-likeness (QED) is 0.852. The van der Waals surface area contributed by atoms with Crippen LogP contribution in [0.2, 0.25) is 0 Å². The first-order chi connectivity index (χ1) is 10.2. The van der Waals surface area contributed by atoms with E-state index in [-0.39, 0.29) is 0 Å². The first kappa shape index (κ1) is 14.4. The molecule has 1 saturated carbocycles. The van der Waals surface area contributed by atoms with E-state index >= 15 is 0 Å². The van der Waals surface area contributed by atoms with Gasteiger partial charge < -0.3 is 14.8 Å². The number of thiazole rings is 1. The second-order valence-electron chi connectivity index (χ2n) is 5.33. The third kappa shape index (κ3) is 3.95. The van der Waals surface area contributed by atoms with Crippen molar-refractivity contribution >= 4 is 11.3 Å². The van der Waals surface area contributed by atoms with Crippen LogP contribution in [0.5, 0.6) is 11.5 Å². The lowest BCUT2D eigenvalue weighted by Gasteiger charge is -2.10. The molecule has 1 N–H and O–H groups in total. The van der Waals surface area contributed by atoms with Gasteiger partial charge in [-0.2, -0.15) is 0 Å². The van der Waals surface area contributed by atoms with Crippen molar-refractivity contribution in [1.82, 2.24) is 10.3 Å². The summed E-state index contributed by atoms with van der Waals surface area (Å²) in [5, 5.41) is 6.65. The number of hydrogen-bond acceptors (Lipinski definition) is 5. The number of nitrogens with one attached hydrogen (secondary N) is 1. The molecule has 0 bridgehead atoms. The van der Waals surface area contributed by atoms with Crippen LogP contribution in [0, 0.1) is 6.92 Å². The van der Waals surface area contributed by atoms with E-state index in [4.69, 9.17) is 9.47 Å². The molecule has 2 aromatic rings. The van der Waals surface area contributed by atoms with Gasteiger partial charge in [0.15, 0.2) is 11.5 Å². The second-order valence-corrected chi connectivity index (χ2v) is 6.27. The SMILES string of the molecule is COc1cc(C)ccc1OCc1csc(CNC2CC2)n1. The van der Waals surface area contributed by atoms with Crippen molar-refractivity contribution in [3.05, 3.63) is 39.8 Å². The summed E-state index contributed by atoms with van der Waals surface area (Å²) in [5.41, 5.74) is 2.12. The first-order valence-electron chi connectivity index (χ1n) is 7.18. The maximum absolute atomic E-state index is 5.82. The van der Waals surface area contributed by atoms with Crippen molar-refractivity contribution in [2.24, 2.45) is 0 Å². The molecule has 0 aliphatic heterocycles. The van der Waals surface area contributed by atoms with Crippen molar-refractivity contribution in [3.8, 4) is 11.5 Å². The summed E-state index contributed by atoms with van der Waals surface area (Å²) in [7, 11) is 1.66. The number of hydrogen-bond donors (Lipinski definition) is 1. The van der Waals surface area contributed by atoms with Gasteiger partial charge in [0.05, 0.1) is 12.8 Å². The summed E-state index contributed by atoms with van der Waals surface area (Å²) >= 11 is 1.68. The number of aryl methyl sites for hydroxylation is 1. The van der Waals surface area contributed by atoms with E-state index in [9.17, 15) is 0 Å². The van der Waals surface area contributed by atoms with Crippen LogP contribution in [0.1, 0.15) is 29.1 Å². The van der Waals surface area contributed by atoms with Crippen LogP contribution in [0.15, 0.2) is 23.6 Å². The summed E-state index contributed by atoms with van der Waals surface area (Å²) < 4.78 is 11.2. The average molecular weight is 304 g/mol. The van der Waals surface area contributed by atoms with Gasteiger partial charge in [0.1, 0.15) is 11.6 Å². The molecule has 0 spiro atoms. The van der Waals surface area contributed by atoms with Crippen LogP contribution in [0.25, 0.3) is 0 Å². The predicted octanol–water partition coefficient (Wildman–Crippen LogP) is 3.29. The van der Waals surface area contributed by atoms with Crippen LogP contribution in [-0.4, -0.2) is 18.1 Å². The molecule has 1 aromatic heterocycles. The van der Waals surface area contributed by atoms with Crippen molar-refractivity contribution < 1.29 is 9.47 Å². The summed E-state index contributed by atoms with van der Waals surface area (Å²) in [6.07, 6.45) is 2.60. The fourth-order valence-corrected chi connectivity index (χ4v) is 2.79. The lowest BCUT2D eigenvalue weighted by molar-refractivity contribution is 0.281. The zero-order valence-electron chi connectivity index (χ0n) is 12.4. The zero-order chi connectivity index (χ0) is 14.7. The Kier molecular flexibility index (Phi) is 4.41. The van der Waals surface area contributed by atoms with Crippen LogP contribution >= 0.6 is 11.3 Å². The minimum Gasteiger partial charge on any atom is -0.493 e. The zero-order valence-corrected chi connectivity index (χ0v) is 13.2. The summed E-state index contributed by atoms with van der Waals surface area (Å²) in [5.74, 6) is 1.52. The highest BCUT2D eigenvalue weighted by atomic mass is 32.1. The van der Waals surface area contributed by atoms with Crippen LogP contribution < -0.4 is 14.8 Å². The number of ether oxygens (including phenoxy) is 2. The summed E-state index contributed by atoms with van der Waals surface area (Å²) in [4.78, 5) is 4.59. The monoisotopic (exact) mass is 304 g/mol. The molecule has 0 saturated heterocycles. The molecule has 0 amide bonds. The number of rotatable bonds is 7. The van der Waals surface area contributed by atoms with Crippen molar-refractivity contribution in [2.45, 2.75) is 39.0 Å². The molecule has 0 atom stereocenters. The molecule has 0 radical (unpaired) electrons. The van der Waals surface area contributed by atoms with Crippen LogP contribution in [0.3, 0.4) is 0 Å². The molecule has 1 aliphatic rings. The van der Waals surface area contributed by atoms with Gasteiger partial charge in [0.2, 0.25) is 0 Å². The predicted molar refractivity (Wildman–Crippen MR) is 84.0 cm³/mol. The lowest BCUT2D eigenvalue weighted by atomic mass is 10.2. The second kappa shape index (κ2) is 6.45. The van der Waals surface area contributed by atoms with Crippen molar-refractivity contribution in [2.75, 3.05) is 7.11 Å².